The van der Waals surface area contributed by atoms with E-state index in [4.69, 9.17) is 5.26 Å². The van der Waals surface area contributed by atoms with Gasteiger partial charge in [-0.2, -0.15) is 0 Å². The lowest BCUT2D eigenvalue weighted by Crippen LogP contribution is -2.45. The average Bonchev–Trinajstić information content (AvgIpc) is 2.91. The summed E-state index contributed by atoms with van der Waals surface area (Å²) in [6, 6.07) is 0. The van der Waals surface area contributed by atoms with E-state index in [1.807, 2.05) is 0 Å². The van der Waals surface area contributed by atoms with E-state index >= 15 is 0 Å². The second-order valence-corrected chi connectivity index (χ2v) is 7.10. The highest BCUT2D eigenvalue weighted by molar-refractivity contribution is 6.00. The molecule has 3 aliphatic heterocycles. The number of hydrogen-bond acceptors (Lipinski definition) is 6. The Labute approximate surface area is 148 Å². The molecule has 0 atom stereocenters. The first kappa shape index (κ1) is 22.9. The second-order valence-electron chi connectivity index (χ2n) is 7.10. The summed E-state index contributed by atoms with van der Waals surface area (Å²) in [5.41, 5.74) is 2.47. The molecule has 0 spiro atoms. The molecule has 6 heteroatoms. The van der Waals surface area contributed by atoms with Crippen LogP contribution in [0.1, 0.15) is 54.9 Å². The van der Waals surface area contributed by atoms with Gasteiger partial charge in [0.2, 0.25) is 0 Å². The highest BCUT2D eigenvalue weighted by atomic mass is 17.1. The maximum atomic E-state index is 7.90. The molecule has 0 unspecified atom stereocenters. The van der Waals surface area contributed by atoms with Crippen LogP contribution < -0.4 is 5.32 Å². The van der Waals surface area contributed by atoms with Gasteiger partial charge in [0.05, 0.1) is 5.60 Å². The SMILES string of the molecule is C.CC(C)(C)OO.CCC.CN1CN=C(N2CCC2)C2=C1CNC2. The van der Waals surface area contributed by atoms with E-state index in [0.29, 0.717) is 0 Å². The van der Waals surface area contributed by atoms with E-state index in [0.717, 1.165) is 19.8 Å². The van der Waals surface area contributed by atoms with Gasteiger partial charge in [0.1, 0.15) is 12.5 Å². The third-order valence-electron chi connectivity index (χ3n) is 3.54. The fourth-order valence-electron chi connectivity index (χ4n) is 2.26. The van der Waals surface area contributed by atoms with Crippen molar-refractivity contribution in [2.75, 3.05) is 39.9 Å². The van der Waals surface area contributed by atoms with Crippen LogP contribution in [-0.2, 0) is 4.89 Å². The summed E-state index contributed by atoms with van der Waals surface area (Å²) in [5.74, 6) is 1.26. The lowest BCUT2D eigenvalue weighted by molar-refractivity contribution is -0.306. The van der Waals surface area contributed by atoms with Crippen LogP contribution in [0, 0.1) is 0 Å². The zero-order valence-corrected chi connectivity index (χ0v) is 15.6. The van der Waals surface area contributed by atoms with Crippen molar-refractivity contribution in [3.63, 3.8) is 0 Å². The molecule has 24 heavy (non-hydrogen) atoms. The minimum Gasteiger partial charge on any atom is -0.357 e. The fraction of sp³-hybridized carbons (Fsp3) is 0.833. The Morgan fingerprint density at radius 2 is 1.75 bits per heavy atom. The number of nitrogens with one attached hydrogen (secondary N) is 1. The Morgan fingerprint density at radius 1 is 1.21 bits per heavy atom. The average molecular weight is 343 g/mol. The van der Waals surface area contributed by atoms with Crippen molar-refractivity contribution >= 4 is 5.84 Å². The third-order valence-corrected chi connectivity index (χ3v) is 3.54. The highest BCUT2D eigenvalue weighted by Crippen LogP contribution is 2.23. The van der Waals surface area contributed by atoms with Gasteiger partial charge in [-0.05, 0) is 27.2 Å². The summed E-state index contributed by atoms with van der Waals surface area (Å²) in [4.78, 5) is 13.2. The van der Waals surface area contributed by atoms with E-state index in [1.54, 1.807) is 20.8 Å². The first-order valence-electron chi connectivity index (χ1n) is 8.60. The molecule has 0 radical (unpaired) electrons. The molecule has 1 fully saturated rings. The standard InChI is InChI=1S/C10H16N4.C4H10O2.C3H8.CH4/c1-13-7-12-10(14-3-2-4-14)8-5-11-6-9(8)13;1-4(2,3)6-5;1-3-2;/h11H,2-7H2,1H3;5H,1-3H3;3H2,1-2H3;1H4. The number of amidine groups is 1. The molecule has 0 aromatic rings. The molecule has 6 nitrogen and oxygen atoms in total. The topological polar surface area (TPSA) is 60.3 Å². The summed E-state index contributed by atoms with van der Waals surface area (Å²) >= 11 is 0. The highest BCUT2D eigenvalue weighted by Gasteiger charge is 2.30. The van der Waals surface area contributed by atoms with Gasteiger partial charge >= 0.3 is 0 Å². The molecule has 0 amide bonds. The van der Waals surface area contributed by atoms with Gasteiger partial charge in [0.25, 0.3) is 0 Å². The van der Waals surface area contributed by atoms with Crippen LogP contribution in [-0.4, -0.2) is 66.4 Å². The molecule has 2 N–H and O–H groups in total. The van der Waals surface area contributed by atoms with E-state index in [2.05, 4.69) is 45.9 Å². The zero-order valence-electron chi connectivity index (χ0n) is 15.6. The summed E-state index contributed by atoms with van der Waals surface area (Å²) in [6.07, 6.45) is 2.57. The quantitative estimate of drug-likeness (QED) is 0.523. The number of aliphatic imine (C=N–C) groups is 1. The monoisotopic (exact) mass is 342 g/mol. The van der Waals surface area contributed by atoms with Gasteiger partial charge in [-0.3, -0.25) is 5.26 Å². The number of nitrogens with zero attached hydrogens (tertiary/aromatic N) is 3. The van der Waals surface area contributed by atoms with Crippen LogP contribution in [0.25, 0.3) is 0 Å². The minimum absolute atomic E-state index is 0. The smallest absolute Gasteiger partial charge is 0.131 e. The summed E-state index contributed by atoms with van der Waals surface area (Å²) in [7, 11) is 2.12. The first-order chi connectivity index (χ1) is 10.8. The Bertz CT molecular complexity index is 423. The van der Waals surface area contributed by atoms with Crippen LogP contribution >= 0.6 is 0 Å². The number of rotatable bonds is 0. The molecule has 3 aliphatic rings. The molecular weight excluding hydrogens is 304 g/mol. The molecular formula is C18H38N4O2. The van der Waals surface area contributed by atoms with Crippen molar-refractivity contribution < 1.29 is 10.1 Å². The predicted octanol–water partition coefficient (Wildman–Crippen LogP) is 3.18. The Hall–Kier alpha value is -1.11. The molecule has 0 aromatic carbocycles. The normalized spacial score (nSPS) is 19.0. The van der Waals surface area contributed by atoms with Crippen LogP contribution in [0.2, 0.25) is 0 Å². The molecule has 3 rings (SSSR count). The van der Waals surface area contributed by atoms with Gasteiger partial charge in [-0.25, -0.2) is 9.88 Å². The number of likely N-dealkylation sites (tertiary alicyclic amines) is 1. The van der Waals surface area contributed by atoms with Gasteiger partial charge in [-0.1, -0.05) is 27.7 Å². The van der Waals surface area contributed by atoms with Gasteiger partial charge < -0.3 is 15.1 Å². The fourth-order valence-corrected chi connectivity index (χ4v) is 2.26. The Balaban J connectivity index is 0.000000454. The predicted molar refractivity (Wildman–Crippen MR) is 102 cm³/mol. The summed E-state index contributed by atoms with van der Waals surface area (Å²) < 4.78 is 0. The van der Waals surface area contributed by atoms with Crippen LogP contribution in [0.15, 0.2) is 16.3 Å². The van der Waals surface area contributed by atoms with E-state index < -0.39 is 5.60 Å². The molecule has 0 aromatic heterocycles. The number of hydrogen-bond donors (Lipinski definition) is 2. The lowest BCUT2D eigenvalue weighted by Gasteiger charge is -2.37. The molecule has 0 aliphatic carbocycles. The summed E-state index contributed by atoms with van der Waals surface area (Å²) in [6.45, 7) is 14.8. The lowest BCUT2D eigenvalue weighted by atomic mass is 10.1. The van der Waals surface area contributed by atoms with Gasteiger partial charge in [0, 0.05) is 44.5 Å². The van der Waals surface area contributed by atoms with E-state index in [-0.39, 0.29) is 7.43 Å². The number of likely N-dealkylation sites (N-methyl/N-ethyl adjacent to an activating group) is 1. The van der Waals surface area contributed by atoms with Gasteiger partial charge in [-0.15, -0.1) is 0 Å². The Kier molecular flexibility index (Phi) is 10.2. The van der Waals surface area contributed by atoms with Crippen LogP contribution in [0.4, 0.5) is 0 Å². The third kappa shape index (κ3) is 6.79. The van der Waals surface area contributed by atoms with Gasteiger partial charge in [0.15, 0.2) is 0 Å². The maximum absolute atomic E-state index is 7.90. The van der Waals surface area contributed by atoms with E-state index in [9.17, 15) is 0 Å². The Morgan fingerprint density at radius 3 is 2.17 bits per heavy atom. The van der Waals surface area contributed by atoms with Crippen molar-refractivity contribution in [1.82, 2.24) is 15.1 Å². The second kappa shape index (κ2) is 10.7. The van der Waals surface area contributed by atoms with Crippen molar-refractivity contribution in [1.29, 1.82) is 0 Å². The van der Waals surface area contributed by atoms with Crippen molar-refractivity contribution in [3.8, 4) is 0 Å². The van der Waals surface area contributed by atoms with Crippen molar-refractivity contribution in [2.45, 2.75) is 60.5 Å². The summed E-state index contributed by atoms with van der Waals surface area (Å²) in [5, 5.41) is 11.3. The molecule has 142 valence electrons. The molecule has 0 saturated carbocycles. The van der Waals surface area contributed by atoms with Crippen LogP contribution in [0.3, 0.4) is 0 Å². The van der Waals surface area contributed by atoms with Crippen molar-refractivity contribution in [3.05, 3.63) is 11.3 Å². The van der Waals surface area contributed by atoms with Crippen molar-refractivity contribution in [2.24, 2.45) is 4.99 Å². The first-order valence-corrected chi connectivity index (χ1v) is 8.60. The maximum Gasteiger partial charge on any atom is 0.131 e. The molecule has 1 saturated heterocycles. The zero-order chi connectivity index (χ0) is 17.5. The molecule has 3 heterocycles. The largest absolute Gasteiger partial charge is 0.357 e. The molecule has 0 bridgehead atoms. The van der Waals surface area contributed by atoms with E-state index in [1.165, 1.54) is 43.0 Å². The van der Waals surface area contributed by atoms with Crippen LogP contribution in [0.5, 0.6) is 0 Å². The minimum atomic E-state index is -0.403.